The van der Waals surface area contributed by atoms with Gasteiger partial charge in [0.25, 0.3) is 5.91 Å². The van der Waals surface area contributed by atoms with E-state index in [1.807, 2.05) is 0 Å². The fourth-order valence-corrected chi connectivity index (χ4v) is 3.89. The molecular formula is C23H23N5O7. The zero-order valence-corrected chi connectivity index (χ0v) is 18.8. The summed E-state index contributed by atoms with van der Waals surface area (Å²) in [6.07, 6.45) is 0.705. The number of hydrogen-bond donors (Lipinski definition) is 4. The Morgan fingerprint density at radius 1 is 1.17 bits per heavy atom. The van der Waals surface area contributed by atoms with Crippen molar-refractivity contribution in [2.45, 2.75) is 31.8 Å². The number of nitrogens with one attached hydrogen (secondary N) is 1. The number of hydrogen-bond acceptors (Lipinski definition) is 7. The predicted octanol–water partition coefficient (Wildman–Crippen LogP) is 1.42. The van der Waals surface area contributed by atoms with Gasteiger partial charge in [-0.3, -0.25) is 14.4 Å². The number of carbonyl (C=O) groups is 5. The Hall–Kier alpha value is -4.74. The van der Waals surface area contributed by atoms with Gasteiger partial charge in [0.15, 0.2) is 0 Å². The highest BCUT2D eigenvalue weighted by atomic mass is 16.4. The Morgan fingerprint density at radius 2 is 1.83 bits per heavy atom. The molecule has 1 heterocycles. The Labute approximate surface area is 199 Å². The van der Waals surface area contributed by atoms with Gasteiger partial charge in [0.05, 0.1) is 24.2 Å². The number of urea groups is 1. The summed E-state index contributed by atoms with van der Waals surface area (Å²) in [7, 11) is 0. The van der Waals surface area contributed by atoms with Crippen LogP contribution in [0.5, 0.6) is 0 Å². The summed E-state index contributed by atoms with van der Waals surface area (Å²) in [5.74, 6) is 0.946. The van der Waals surface area contributed by atoms with Crippen molar-refractivity contribution in [3.63, 3.8) is 0 Å². The molecule has 5 N–H and O–H groups in total. The van der Waals surface area contributed by atoms with Crippen molar-refractivity contribution in [1.29, 1.82) is 0 Å². The van der Waals surface area contributed by atoms with Crippen LogP contribution in [0.4, 0.5) is 4.79 Å². The Morgan fingerprint density at radius 3 is 2.37 bits per heavy atom. The second-order valence-electron chi connectivity index (χ2n) is 7.98. The van der Waals surface area contributed by atoms with Crippen molar-refractivity contribution in [1.82, 2.24) is 15.3 Å². The highest BCUT2D eigenvalue weighted by Crippen LogP contribution is 2.35. The average molecular weight is 481 g/mol. The molecule has 35 heavy (non-hydrogen) atoms. The number of hydrazine groups is 1. The topological polar surface area (TPSA) is 183 Å². The fraction of sp³-hybridized carbons (Fsp3) is 0.217. The molecule has 12 heteroatoms. The zero-order valence-electron chi connectivity index (χ0n) is 18.8. The van der Waals surface area contributed by atoms with Crippen molar-refractivity contribution in [3.8, 4) is 0 Å². The molecule has 3 rings (SSSR count). The van der Waals surface area contributed by atoms with Crippen LogP contribution in [-0.4, -0.2) is 56.2 Å². The number of nitrogens with zero attached hydrogens (tertiary/aromatic N) is 3. The van der Waals surface area contributed by atoms with Crippen LogP contribution in [0.15, 0.2) is 53.6 Å². The second kappa shape index (κ2) is 9.63. The van der Waals surface area contributed by atoms with Gasteiger partial charge in [0.2, 0.25) is 5.91 Å². The molecule has 1 aliphatic rings. The van der Waals surface area contributed by atoms with Crippen molar-refractivity contribution in [2.24, 2.45) is 10.9 Å². The van der Waals surface area contributed by atoms with Gasteiger partial charge in [0.1, 0.15) is 5.54 Å². The lowest BCUT2D eigenvalue weighted by molar-refractivity contribution is -0.162. The maximum atomic E-state index is 13.6. The van der Waals surface area contributed by atoms with Crippen LogP contribution in [0.3, 0.4) is 0 Å². The molecule has 2 aromatic rings. The molecule has 0 aliphatic carbocycles. The molecule has 0 saturated carbocycles. The lowest BCUT2D eigenvalue weighted by atomic mass is 9.91. The van der Waals surface area contributed by atoms with E-state index in [2.05, 4.69) is 10.4 Å². The first kappa shape index (κ1) is 24.9. The SMILES string of the molecule is CC(=O)N([C@H](CC(=O)O)c1cccc(C(=O)O)c1)N1C(=O)N[C@](C)(c2ccc(C=NN)cc2)C1=O. The van der Waals surface area contributed by atoms with Crippen LogP contribution < -0.4 is 11.2 Å². The van der Waals surface area contributed by atoms with E-state index in [-0.39, 0.29) is 11.1 Å². The molecule has 0 spiro atoms. The van der Waals surface area contributed by atoms with Crippen molar-refractivity contribution < 1.29 is 34.2 Å². The molecule has 182 valence electrons. The molecule has 0 aromatic heterocycles. The zero-order chi connectivity index (χ0) is 25.9. The normalized spacial score (nSPS) is 18.4. The summed E-state index contributed by atoms with van der Waals surface area (Å²) in [6.45, 7) is 2.53. The van der Waals surface area contributed by atoms with Gasteiger partial charge in [-0.15, -0.1) is 0 Å². The summed E-state index contributed by atoms with van der Waals surface area (Å²) >= 11 is 0. The highest BCUT2D eigenvalue weighted by Gasteiger charge is 2.53. The quantitative estimate of drug-likeness (QED) is 0.189. The number of rotatable bonds is 8. The molecule has 1 fully saturated rings. The molecular weight excluding hydrogens is 458 g/mol. The largest absolute Gasteiger partial charge is 0.481 e. The van der Waals surface area contributed by atoms with Gasteiger partial charge < -0.3 is 21.4 Å². The van der Waals surface area contributed by atoms with Crippen molar-refractivity contribution in [2.75, 3.05) is 0 Å². The van der Waals surface area contributed by atoms with Crippen LogP contribution >= 0.6 is 0 Å². The Balaban J connectivity index is 2.07. The molecule has 0 bridgehead atoms. The molecule has 1 aliphatic heterocycles. The van der Waals surface area contributed by atoms with E-state index in [9.17, 15) is 34.2 Å². The fourth-order valence-electron chi connectivity index (χ4n) is 3.89. The molecule has 2 atom stereocenters. The second-order valence-corrected chi connectivity index (χ2v) is 7.98. The van der Waals surface area contributed by atoms with E-state index in [1.165, 1.54) is 37.4 Å². The predicted molar refractivity (Wildman–Crippen MR) is 122 cm³/mol. The first-order valence-corrected chi connectivity index (χ1v) is 10.3. The minimum absolute atomic E-state index is 0.127. The van der Waals surface area contributed by atoms with Gasteiger partial charge >= 0.3 is 18.0 Å². The van der Waals surface area contributed by atoms with Gasteiger partial charge in [0, 0.05) is 6.92 Å². The van der Waals surface area contributed by atoms with E-state index in [4.69, 9.17) is 5.84 Å². The van der Waals surface area contributed by atoms with E-state index in [0.29, 0.717) is 16.1 Å². The van der Waals surface area contributed by atoms with Crippen LogP contribution in [0.2, 0.25) is 0 Å². The summed E-state index contributed by atoms with van der Waals surface area (Å²) in [5.41, 5.74) is -0.538. The lowest BCUT2D eigenvalue weighted by Crippen LogP contribution is -2.52. The molecule has 0 radical (unpaired) electrons. The summed E-state index contributed by atoms with van der Waals surface area (Å²) < 4.78 is 0. The number of carbonyl (C=O) groups excluding carboxylic acids is 3. The average Bonchev–Trinajstić information content (AvgIpc) is 3.03. The van der Waals surface area contributed by atoms with E-state index < -0.39 is 47.8 Å². The minimum Gasteiger partial charge on any atom is -0.481 e. The summed E-state index contributed by atoms with van der Waals surface area (Å²) in [6, 6.07) is 9.45. The van der Waals surface area contributed by atoms with E-state index in [1.54, 1.807) is 24.3 Å². The van der Waals surface area contributed by atoms with E-state index >= 15 is 0 Å². The minimum atomic E-state index is -1.57. The van der Waals surface area contributed by atoms with Crippen LogP contribution in [-0.2, 0) is 19.9 Å². The summed E-state index contributed by atoms with van der Waals surface area (Å²) in [4.78, 5) is 62.4. The number of aliphatic carboxylic acids is 1. The van der Waals surface area contributed by atoms with Gasteiger partial charge in [-0.2, -0.15) is 10.1 Å². The smallest absolute Gasteiger partial charge is 0.344 e. The molecule has 2 aromatic carbocycles. The number of carboxylic acids is 2. The van der Waals surface area contributed by atoms with Crippen molar-refractivity contribution >= 4 is 36.0 Å². The number of amides is 4. The number of imide groups is 1. The van der Waals surface area contributed by atoms with Gasteiger partial charge in [-0.25, -0.2) is 14.6 Å². The molecule has 4 amide bonds. The third kappa shape index (κ3) is 4.81. The number of nitrogens with two attached hydrogens (primary N) is 1. The maximum absolute atomic E-state index is 13.6. The third-order valence-corrected chi connectivity index (χ3v) is 5.60. The van der Waals surface area contributed by atoms with Gasteiger partial charge in [-0.1, -0.05) is 36.4 Å². The highest BCUT2D eigenvalue weighted by molar-refractivity contribution is 6.08. The first-order chi connectivity index (χ1) is 16.5. The van der Waals surface area contributed by atoms with Crippen LogP contribution in [0.1, 0.15) is 53.4 Å². The first-order valence-electron chi connectivity index (χ1n) is 10.3. The molecule has 12 nitrogen and oxygen atoms in total. The molecule has 0 unspecified atom stereocenters. The standard InChI is InChI=1S/C23H23N5O7/c1-13(29)27(18(11-19(30)31)15-4-3-5-16(10-15)20(32)33)28-21(34)23(2,26-22(28)35)17-8-6-14(7-9-17)12-25-24/h3-10,12,18H,11,24H2,1-2H3,(H,26,35)(H,30,31)(H,32,33)/t18-,23-/m1/s1. The Kier molecular flexibility index (Phi) is 6.85. The molecule has 1 saturated heterocycles. The number of aromatic carboxylic acids is 1. The maximum Gasteiger partial charge on any atom is 0.344 e. The van der Waals surface area contributed by atoms with Crippen molar-refractivity contribution in [3.05, 3.63) is 70.8 Å². The lowest BCUT2D eigenvalue weighted by Gasteiger charge is -2.35. The monoisotopic (exact) mass is 481 g/mol. The third-order valence-electron chi connectivity index (χ3n) is 5.60. The number of benzene rings is 2. The van der Waals surface area contributed by atoms with Crippen LogP contribution in [0.25, 0.3) is 0 Å². The summed E-state index contributed by atoms with van der Waals surface area (Å²) in [5, 5.41) is 26.1. The van der Waals surface area contributed by atoms with Gasteiger partial charge in [-0.05, 0) is 35.7 Å². The Bertz CT molecular complexity index is 1230. The number of hydrazone groups is 1. The van der Waals surface area contributed by atoms with E-state index in [0.717, 1.165) is 11.9 Å². The number of carboxylic acid groups (broad SMARTS) is 2. The van der Waals surface area contributed by atoms with Crippen LogP contribution in [0, 0.1) is 0 Å².